The predicted molar refractivity (Wildman–Crippen MR) is 58.6 cm³/mol. The molecule has 1 N–H and O–H groups in total. The summed E-state index contributed by atoms with van der Waals surface area (Å²) in [5.41, 5.74) is 1.95. The van der Waals surface area contributed by atoms with Gasteiger partial charge in [-0.25, -0.2) is 0 Å². The van der Waals surface area contributed by atoms with Crippen LogP contribution in [0.4, 0.5) is 0 Å². The van der Waals surface area contributed by atoms with E-state index in [0.717, 1.165) is 24.0 Å². The molecule has 0 amide bonds. The number of hydrogen-bond donors (Lipinski definition) is 1. The van der Waals surface area contributed by atoms with Gasteiger partial charge in [0, 0.05) is 30.2 Å². The maximum absolute atomic E-state index is 8.80. The molecule has 1 aliphatic heterocycles. The summed E-state index contributed by atoms with van der Waals surface area (Å²) in [6, 6.07) is 10.7. The van der Waals surface area contributed by atoms with E-state index < -0.39 is 0 Å². The van der Waals surface area contributed by atoms with Gasteiger partial charge in [0.2, 0.25) is 0 Å². The molecule has 3 nitrogen and oxygen atoms in total. The Morgan fingerprint density at radius 1 is 1.33 bits per heavy atom. The Morgan fingerprint density at radius 3 is 2.87 bits per heavy atom. The van der Waals surface area contributed by atoms with E-state index in [0.29, 0.717) is 6.04 Å². The first-order chi connectivity index (χ1) is 7.38. The van der Waals surface area contributed by atoms with Gasteiger partial charge in [-0.05, 0) is 24.3 Å². The lowest BCUT2D eigenvalue weighted by Gasteiger charge is -2.29. The van der Waals surface area contributed by atoms with Crippen LogP contribution in [-0.4, -0.2) is 17.7 Å². The summed E-state index contributed by atoms with van der Waals surface area (Å²) in [5.74, 6) is 0. The van der Waals surface area contributed by atoms with Crippen molar-refractivity contribution in [2.24, 2.45) is 0 Å². The van der Waals surface area contributed by atoms with Crippen molar-refractivity contribution < 1.29 is 0 Å². The number of aromatic nitrogens is 1. The topological polar surface area (TPSA) is 40.8 Å². The Bertz CT molecular complexity index is 543. The summed E-state index contributed by atoms with van der Waals surface area (Å²) in [7, 11) is 0. The van der Waals surface area contributed by atoms with E-state index in [1.54, 1.807) is 0 Å². The first-order valence-electron chi connectivity index (χ1n) is 5.10. The van der Waals surface area contributed by atoms with Gasteiger partial charge < -0.3 is 9.88 Å². The molecule has 0 radical (unpaired) electrons. The summed E-state index contributed by atoms with van der Waals surface area (Å²) in [5, 5.41) is 13.2. The molecule has 0 spiro atoms. The molecule has 3 rings (SSSR count). The molecule has 1 aliphatic rings. The molecule has 3 heteroatoms. The van der Waals surface area contributed by atoms with Gasteiger partial charge in [0.15, 0.2) is 0 Å². The maximum Gasteiger partial charge on any atom is 0.0991 e. The third-order valence-electron chi connectivity index (χ3n) is 3.00. The van der Waals surface area contributed by atoms with E-state index in [4.69, 9.17) is 5.26 Å². The van der Waals surface area contributed by atoms with E-state index in [1.165, 1.54) is 5.52 Å². The molecule has 0 unspecified atom stereocenters. The number of nitriles is 1. The lowest BCUT2D eigenvalue weighted by Crippen LogP contribution is -2.43. The zero-order valence-corrected chi connectivity index (χ0v) is 8.27. The van der Waals surface area contributed by atoms with Gasteiger partial charge in [-0.15, -0.1) is 0 Å². The van der Waals surface area contributed by atoms with Gasteiger partial charge in [0.05, 0.1) is 17.7 Å². The highest BCUT2D eigenvalue weighted by Crippen LogP contribution is 2.23. The van der Waals surface area contributed by atoms with Crippen molar-refractivity contribution in [1.29, 1.82) is 5.26 Å². The van der Waals surface area contributed by atoms with E-state index in [9.17, 15) is 0 Å². The summed E-state index contributed by atoms with van der Waals surface area (Å²) in [6.07, 6.45) is 2.11. The van der Waals surface area contributed by atoms with Gasteiger partial charge >= 0.3 is 0 Å². The lowest BCUT2D eigenvalue weighted by molar-refractivity contribution is 0.352. The van der Waals surface area contributed by atoms with Crippen LogP contribution in [0.15, 0.2) is 30.5 Å². The standard InChI is InChI=1S/C12H11N3/c13-6-9-1-2-12-10(5-9)3-4-15(12)11-7-14-8-11/h1-5,11,14H,7-8H2. The number of nitrogens with one attached hydrogen (secondary N) is 1. The highest BCUT2D eigenvalue weighted by atomic mass is 15.1. The van der Waals surface area contributed by atoms with Crippen molar-refractivity contribution in [2.75, 3.05) is 13.1 Å². The second-order valence-corrected chi connectivity index (χ2v) is 3.92. The summed E-state index contributed by atoms with van der Waals surface area (Å²) >= 11 is 0. The van der Waals surface area contributed by atoms with Gasteiger partial charge in [0.25, 0.3) is 0 Å². The average molecular weight is 197 g/mol. The fourth-order valence-corrected chi connectivity index (χ4v) is 2.02. The van der Waals surface area contributed by atoms with E-state index >= 15 is 0 Å². The SMILES string of the molecule is N#Cc1ccc2c(ccn2C2CNC2)c1. The Hall–Kier alpha value is -1.79. The Morgan fingerprint density at radius 2 is 2.20 bits per heavy atom. The predicted octanol–water partition coefficient (Wildman–Crippen LogP) is 1.66. The smallest absolute Gasteiger partial charge is 0.0991 e. The van der Waals surface area contributed by atoms with Crippen LogP contribution >= 0.6 is 0 Å². The summed E-state index contributed by atoms with van der Waals surface area (Å²) < 4.78 is 2.28. The molecule has 0 atom stereocenters. The second-order valence-electron chi connectivity index (χ2n) is 3.92. The zero-order valence-electron chi connectivity index (χ0n) is 8.27. The highest BCUT2D eigenvalue weighted by Gasteiger charge is 2.19. The molecule has 2 aromatic rings. The molecule has 15 heavy (non-hydrogen) atoms. The van der Waals surface area contributed by atoms with Crippen molar-refractivity contribution in [2.45, 2.75) is 6.04 Å². The molecule has 0 bridgehead atoms. The molecule has 1 aromatic carbocycles. The van der Waals surface area contributed by atoms with Crippen LogP contribution in [0, 0.1) is 11.3 Å². The minimum absolute atomic E-state index is 0.579. The summed E-state index contributed by atoms with van der Waals surface area (Å²) in [4.78, 5) is 0. The number of nitrogens with zero attached hydrogens (tertiary/aromatic N) is 2. The molecule has 74 valence electrons. The number of hydrogen-bond acceptors (Lipinski definition) is 2. The minimum Gasteiger partial charge on any atom is -0.342 e. The van der Waals surface area contributed by atoms with Crippen LogP contribution in [0.3, 0.4) is 0 Å². The number of rotatable bonds is 1. The molecule has 1 saturated heterocycles. The second kappa shape index (κ2) is 3.11. The van der Waals surface area contributed by atoms with Gasteiger partial charge in [0.1, 0.15) is 0 Å². The molecule has 1 fully saturated rings. The third-order valence-corrected chi connectivity index (χ3v) is 3.00. The Kier molecular flexibility index (Phi) is 1.77. The first-order valence-corrected chi connectivity index (χ1v) is 5.10. The van der Waals surface area contributed by atoms with Crippen molar-refractivity contribution in [1.82, 2.24) is 9.88 Å². The van der Waals surface area contributed by atoms with Crippen molar-refractivity contribution in [3.8, 4) is 6.07 Å². The highest BCUT2D eigenvalue weighted by molar-refractivity contribution is 5.81. The van der Waals surface area contributed by atoms with Crippen molar-refractivity contribution in [3.63, 3.8) is 0 Å². The fraction of sp³-hybridized carbons (Fsp3) is 0.250. The average Bonchev–Trinajstić information content (AvgIpc) is 2.59. The monoisotopic (exact) mass is 197 g/mol. The van der Waals surface area contributed by atoms with Crippen LogP contribution in [0.1, 0.15) is 11.6 Å². The van der Waals surface area contributed by atoms with Crippen LogP contribution in [0.5, 0.6) is 0 Å². The van der Waals surface area contributed by atoms with Crippen LogP contribution in [0.2, 0.25) is 0 Å². The van der Waals surface area contributed by atoms with E-state index in [1.807, 2.05) is 18.2 Å². The molecule has 1 aromatic heterocycles. The Labute approximate surface area is 87.9 Å². The first kappa shape index (κ1) is 8.51. The lowest BCUT2D eigenvalue weighted by atomic mass is 10.1. The largest absolute Gasteiger partial charge is 0.342 e. The van der Waals surface area contributed by atoms with Gasteiger partial charge in [-0.3, -0.25) is 0 Å². The molecular formula is C12H11N3. The molecular weight excluding hydrogens is 186 g/mol. The molecule has 2 heterocycles. The van der Waals surface area contributed by atoms with Crippen LogP contribution < -0.4 is 5.32 Å². The quantitative estimate of drug-likeness (QED) is 0.755. The van der Waals surface area contributed by atoms with Crippen LogP contribution in [0.25, 0.3) is 10.9 Å². The molecule has 0 saturated carbocycles. The normalized spacial score (nSPS) is 16.2. The number of benzene rings is 1. The van der Waals surface area contributed by atoms with E-state index in [-0.39, 0.29) is 0 Å². The van der Waals surface area contributed by atoms with Gasteiger partial charge in [-0.1, -0.05) is 0 Å². The third kappa shape index (κ3) is 1.23. The van der Waals surface area contributed by atoms with Crippen molar-refractivity contribution in [3.05, 3.63) is 36.0 Å². The number of fused-ring (bicyclic) bond motifs is 1. The Balaban J connectivity index is 2.14. The van der Waals surface area contributed by atoms with Crippen LogP contribution in [-0.2, 0) is 0 Å². The minimum atomic E-state index is 0.579. The molecule has 0 aliphatic carbocycles. The van der Waals surface area contributed by atoms with E-state index in [2.05, 4.69) is 28.2 Å². The van der Waals surface area contributed by atoms with Crippen molar-refractivity contribution >= 4 is 10.9 Å². The van der Waals surface area contributed by atoms with Gasteiger partial charge in [-0.2, -0.15) is 5.26 Å². The maximum atomic E-state index is 8.80. The fourth-order valence-electron chi connectivity index (χ4n) is 2.02. The zero-order chi connectivity index (χ0) is 10.3. The summed E-state index contributed by atoms with van der Waals surface area (Å²) in [6.45, 7) is 2.09.